The fourth-order valence-electron chi connectivity index (χ4n) is 2.50. The number of anilines is 1. The summed E-state index contributed by atoms with van der Waals surface area (Å²) in [6, 6.07) is 7.20. The van der Waals surface area contributed by atoms with Crippen molar-refractivity contribution in [3.05, 3.63) is 40.4 Å². The zero-order chi connectivity index (χ0) is 18.7. The second-order valence-corrected chi connectivity index (χ2v) is 8.32. The maximum Gasteiger partial charge on any atom is 0.287 e. The number of nitrogens with one attached hydrogen (secondary N) is 1. The fraction of sp³-hybridized carbons (Fsp3) is 0.389. The van der Waals surface area contributed by atoms with Crippen LogP contribution in [0.25, 0.3) is 0 Å². The third-order valence-electron chi connectivity index (χ3n) is 4.17. The molecule has 0 aliphatic carbocycles. The molecule has 26 heavy (non-hydrogen) atoms. The van der Waals surface area contributed by atoms with Crippen LogP contribution in [0.5, 0.6) is 5.75 Å². The summed E-state index contributed by atoms with van der Waals surface area (Å²) in [6.45, 7) is 5.39. The van der Waals surface area contributed by atoms with Gasteiger partial charge < -0.3 is 15.0 Å². The average Bonchev–Trinajstić information content (AvgIpc) is 3.10. The molecule has 1 aromatic carbocycles. The highest BCUT2D eigenvalue weighted by atomic mass is 32.2. The van der Waals surface area contributed by atoms with Crippen molar-refractivity contribution in [2.24, 2.45) is 0 Å². The molecule has 1 atom stereocenters. The highest BCUT2D eigenvalue weighted by Gasteiger charge is 2.31. The maximum absolute atomic E-state index is 11.6. The molecule has 2 heterocycles. The van der Waals surface area contributed by atoms with E-state index < -0.39 is 6.04 Å². The third-order valence-corrected chi connectivity index (χ3v) is 6.15. The van der Waals surface area contributed by atoms with E-state index in [2.05, 4.69) is 22.1 Å². The zero-order valence-electron chi connectivity index (χ0n) is 14.9. The minimum atomic E-state index is -0.432. The molecule has 1 unspecified atom stereocenters. The topological polar surface area (TPSA) is 71.5 Å². The van der Waals surface area contributed by atoms with Crippen LogP contribution in [0, 0.1) is 13.8 Å². The van der Waals surface area contributed by atoms with Gasteiger partial charge in [0.1, 0.15) is 18.4 Å². The largest absolute Gasteiger partial charge is 0.492 e. The van der Waals surface area contributed by atoms with Crippen LogP contribution in [0.15, 0.2) is 24.3 Å². The lowest BCUT2D eigenvalue weighted by molar-refractivity contribution is -0.112. The molecule has 2 aromatic rings. The number of carbonyl (C=O) groups is 2. The second-order valence-electron chi connectivity index (χ2n) is 6.16. The van der Waals surface area contributed by atoms with Gasteiger partial charge in [0.05, 0.1) is 12.2 Å². The van der Waals surface area contributed by atoms with Gasteiger partial charge in [-0.1, -0.05) is 12.1 Å². The van der Waals surface area contributed by atoms with Crippen molar-refractivity contribution >= 4 is 38.6 Å². The van der Waals surface area contributed by atoms with Crippen molar-refractivity contribution in [2.75, 3.05) is 25.1 Å². The van der Waals surface area contributed by atoms with E-state index in [0.717, 1.165) is 40.4 Å². The van der Waals surface area contributed by atoms with Gasteiger partial charge in [0.2, 0.25) is 5.12 Å². The van der Waals surface area contributed by atoms with E-state index in [1.54, 1.807) is 11.3 Å². The molecule has 1 aliphatic rings. The molecule has 0 radical (unpaired) electrons. The molecule has 1 amide bonds. The highest BCUT2D eigenvalue weighted by Crippen LogP contribution is 2.24. The lowest BCUT2D eigenvalue weighted by atomic mass is 10.1. The monoisotopic (exact) mass is 391 g/mol. The average molecular weight is 392 g/mol. The van der Waals surface area contributed by atoms with E-state index in [-0.39, 0.29) is 10.4 Å². The SMILES string of the molecule is Cc1nc(N(C)CCOc2ccc(CC3NC(=O)SC3=O)cc2)sc1C. The van der Waals surface area contributed by atoms with Gasteiger partial charge >= 0.3 is 0 Å². The molecule has 1 N–H and O–H groups in total. The van der Waals surface area contributed by atoms with E-state index in [0.29, 0.717) is 13.0 Å². The molecule has 6 nitrogen and oxygen atoms in total. The summed E-state index contributed by atoms with van der Waals surface area (Å²) in [5.74, 6) is 0.782. The number of ether oxygens (including phenoxy) is 1. The Morgan fingerprint density at radius 2 is 1.96 bits per heavy atom. The van der Waals surface area contributed by atoms with Crippen molar-refractivity contribution < 1.29 is 14.3 Å². The van der Waals surface area contributed by atoms with Gasteiger partial charge in [0, 0.05) is 30.1 Å². The number of likely N-dealkylation sites (N-methyl/N-ethyl adjacent to an activating group) is 1. The number of carbonyl (C=O) groups excluding carboxylic acids is 2. The summed E-state index contributed by atoms with van der Waals surface area (Å²) in [5, 5.41) is 3.28. The van der Waals surface area contributed by atoms with Gasteiger partial charge in [-0.2, -0.15) is 0 Å². The molecule has 0 spiro atoms. The Bertz CT molecular complexity index is 785. The summed E-state index contributed by atoms with van der Waals surface area (Å²) in [6.07, 6.45) is 0.503. The van der Waals surface area contributed by atoms with Crippen LogP contribution in [-0.2, 0) is 11.2 Å². The number of hydrogen-bond acceptors (Lipinski definition) is 7. The van der Waals surface area contributed by atoms with Crippen LogP contribution in [0.3, 0.4) is 0 Å². The first-order valence-corrected chi connectivity index (χ1v) is 9.95. The van der Waals surface area contributed by atoms with E-state index in [4.69, 9.17) is 4.74 Å². The highest BCUT2D eigenvalue weighted by molar-refractivity contribution is 8.26. The van der Waals surface area contributed by atoms with Gasteiger partial charge in [0.25, 0.3) is 5.24 Å². The number of rotatable bonds is 7. The van der Waals surface area contributed by atoms with Crippen LogP contribution in [0.4, 0.5) is 9.93 Å². The molecule has 138 valence electrons. The third kappa shape index (κ3) is 4.56. The smallest absolute Gasteiger partial charge is 0.287 e. The lowest BCUT2D eigenvalue weighted by Gasteiger charge is -2.16. The Morgan fingerprint density at radius 3 is 2.54 bits per heavy atom. The van der Waals surface area contributed by atoms with Crippen molar-refractivity contribution in [1.82, 2.24) is 10.3 Å². The first kappa shape index (κ1) is 18.7. The molecular formula is C18H21N3O3S2. The number of thioether (sulfide) groups is 1. The summed E-state index contributed by atoms with van der Waals surface area (Å²) in [4.78, 5) is 30.7. The van der Waals surface area contributed by atoms with Gasteiger partial charge in [-0.15, -0.1) is 11.3 Å². The molecule has 0 saturated carbocycles. The van der Waals surface area contributed by atoms with Crippen LogP contribution in [0.2, 0.25) is 0 Å². The number of aromatic nitrogens is 1. The number of hydrogen-bond donors (Lipinski definition) is 1. The van der Waals surface area contributed by atoms with Gasteiger partial charge in [-0.25, -0.2) is 4.98 Å². The van der Waals surface area contributed by atoms with Gasteiger partial charge in [-0.05, 0) is 31.5 Å². The molecule has 8 heteroatoms. The number of nitrogens with zero attached hydrogens (tertiary/aromatic N) is 2. The van der Waals surface area contributed by atoms with Crippen molar-refractivity contribution in [3.63, 3.8) is 0 Å². The Balaban J connectivity index is 1.47. The minimum absolute atomic E-state index is 0.119. The van der Waals surface area contributed by atoms with E-state index >= 15 is 0 Å². The maximum atomic E-state index is 11.6. The Labute approximate surface area is 160 Å². The Morgan fingerprint density at radius 1 is 1.23 bits per heavy atom. The molecule has 1 aliphatic heterocycles. The van der Waals surface area contributed by atoms with E-state index in [9.17, 15) is 9.59 Å². The van der Waals surface area contributed by atoms with Gasteiger partial charge in [-0.3, -0.25) is 9.59 Å². The Hall–Kier alpha value is -2.06. The molecule has 1 saturated heterocycles. The van der Waals surface area contributed by atoms with Crippen LogP contribution < -0.4 is 15.0 Å². The van der Waals surface area contributed by atoms with Crippen molar-refractivity contribution in [1.29, 1.82) is 0 Å². The minimum Gasteiger partial charge on any atom is -0.492 e. The van der Waals surface area contributed by atoms with Crippen molar-refractivity contribution in [3.8, 4) is 5.75 Å². The molecule has 3 rings (SSSR count). The predicted octanol–water partition coefficient (Wildman–Crippen LogP) is 3.17. The lowest BCUT2D eigenvalue weighted by Crippen LogP contribution is -2.30. The molecule has 1 fully saturated rings. The number of aryl methyl sites for hydroxylation is 2. The van der Waals surface area contributed by atoms with E-state index in [1.165, 1.54) is 4.88 Å². The summed E-state index contributed by atoms with van der Waals surface area (Å²) in [7, 11) is 2.01. The molecular weight excluding hydrogens is 370 g/mol. The quantitative estimate of drug-likeness (QED) is 0.782. The summed E-state index contributed by atoms with van der Waals surface area (Å²) < 4.78 is 5.79. The summed E-state index contributed by atoms with van der Waals surface area (Å²) >= 11 is 2.43. The molecule has 0 bridgehead atoms. The van der Waals surface area contributed by atoms with Crippen LogP contribution in [-0.4, -0.2) is 41.6 Å². The predicted molar refractivity (Wildman–Crippen MR) is 105 cm³/mol. The second kappa shape index (κ2) is 8.09. The first-order valence-electron chi connectivity index (χ1n) is 8.31. The molecule has 1 aromatic heterocycles. The van der Waals surface area contributed by atoms with Crippen LogP contribution in [0.1, 0.15) is 16.1 Å². The number of benzene rings is 1. The van der Waals surface area contributed by atoms with E-state index in [1.807, 2.05) is 38.2 Å². The Kier molecular flexibility index (Phi) is 5.83. The number of thiazole rings is 1. The van der Waals surface area contributed by atoms with Gasteiger partial charge in [0.15, 0.2) is 5.13 Å². The normalized spacial score (nSPS) is 16.7. The van der Waals surface area contributed by atoms with Crippen LogP contribution >= 0.6 is 23.1 Å². The summed E-state index contributed by atoms with van der Waals surface area (Å²) in [5.41, 5.74) is 2.06. The number of amides is 1. The standard InChI is InChI=1S/C18H21N3O3S2/c1-11-12(2)25-17(19-11)21(3)8-9-24-14-6-4-13(5-7-14)10-15-16(22)26-18(23)20-15/h4-7,15H,8-10H2,1-3H3,(H,20,23). The van der Waals surface area contributed by atoms with Crippen molar-refractivity contribution in [2.45, 2.75) is 26.3 Å². The fourth-order valence-corrected chi connectivity index (χ4v) is 4.07. The zero-order valence-corrected chi connectivity index (χ0v) is 16.6. The first-order chi connectivity index (χ1) is 12.4.